The molecule has 0 bridgehead atoms. The summed E-state index contributed by atoms with van der Waals surface area (Å²) in [6, 6.07) is 9.70. The van der Waals surface area contributed by atoms with Crippen LogP contribution in [0.3, 0.4) is 0 Å². The van der Waals surface area contributed by atoms with Crippen molar-refractivity contribution in [2.75, 3.05) is 7.11 Å². The average Bonchev–Trinajstić information content (AvgIpc) is 2.64. The van der Waals surface area contributed by atoms with Crippen LogP contribution in [0.25, 0.3) is 27.5 Å². The molecule has 0 amide bonds. The van der Waals surface area contributed by atoms with E-state index in [9.17, 15) is 14.7 Å². The van der Waals surface area contributed by atoms with Gasteiger partial charge in [0.25, 0.3) is 11.4 Å². The van der Waals surface area contributed by atoms with E-state index < -0.39 is 16.9 Å². The van der Waals surface area contributed by atoms with Gasteiger partial charge in [0.15, 0.2) is 0 Å². The fourth-order valence-corrected chi connectivity index (χ4v) is 3.26. The molecule has 0 spiro atoms. The molecule has 0 unspecified atom stereocenters. The second kappa shape index (κ2) is 7.60. The van der Waals surface area contributed by atoms with Crippen LogP contribution in [0.2, 0.25) is 5.02 Å². The summed E-state index contributed by atoms with van der Waals surface area (Å²) in [5.74, 6) is 0.161. The van der Waals surface area contributed by atoms with Crippen LogP contribution in [0.1, 0.15) is 5.56 Å². The Morgan fingerprint density at radius 1 is 1.18 bits per heavy atom. The van der Waals surface area contributed by atoms with Crippen molar-refractivity contribution in [1.29, 1.82) is 0 Å². The van der Waals surface area contributed by atoms with Crippen molar-refractivity contribution in [2.45, 2.75) is 6.92 Å². The second-order valence-electron chi connectivity index (χ2n) is 6.09. The van der Waals surface area contributed by atoms with E-state index >= 15 is 0 Å². The molecule has 0 aliphatic heterocycles. The molecule has 9 heteroatoms. The van der Waals surface area contributed by atoms with Crippen LogP contribution in [0.4, 0.5) is 0 Å². The van der Waals surface area contributed by atoms with Gasteiger partial charge in [-0.3, -0.25) is 9.59 Å². The third kappa shape index (κ3) is 3.20. The molecule has 0 radical (unpaired) electrons. The second-order valence-corrected chi connectivity index (χ2v) is 6.52. The Kier molecular flexibility index (Phi) is 5.54. The van der Waals surface area contributed by atoms with Crippen molar-refractivity contribution in [3.05, 3.63) is 67.6 Å². The zero-order valence-corrected chi connectivity index (χ0v) is 15.2. The van der Waals surface area contributed by atoms with Crippen molar-refractivity contribution in [2.24, 2.45) is 0 Å². The number of pyridine rings is 1. The summed E-state index contributed by atoms with van der Waals surface area (Å²) in [6.07, 6.45) is 0. The summed E-state index contributed by atoms with van der Waals surface area (Å²) < 4.78 is 6.18. The van der Waals surface area contributed by atoms with Crippen molar-refractivity contribution in [3.63, 3.8) is 0 Å². The van der Waals surface area contributed by atoms with Gasteiger partial charge in [0.2, 0.25) is 5.43 Å². The van der Waals surface area contributed by atoms with E-state index in [-0.39, 0.29) is 40.5 Å². The standard InChI is InChI=1S/C19H14ClN3O4.Na.H/c1-9-7-11(27-2)4-6-14(9)23-19(26)15-16(18(25)22-23)21-13-8-10(20)3-5-12(13)17(15)24;;/h3-8H,1-2H3,(H,21,24)(H,22,25);;. The number of fused-ring (bicyclic) bond motifs is 2. The van der Waals surface area contributed by atoms with E-state index in [2.05, 4.69) is 10.1 Å². The van der Waals surface area contributed by atoms with Crippen molar-refractivity contribution < 1.29 is 9.84 Å². The minimum absolute atomic E-state index is 0. The summed E-state index contributed by atoms with van der Waals surface area (Å²) in [6.45, 7) is 1.78. The molecule has 0 fully saturated rings. The van der Waals surface area contributed by atoms with Crippen LogP contribution < -0.4 is 15.7 Å². The number of aryl methyl sites for hydroxylation is 1. The number of ether oxygens (including phenoxy) is 1. The molecule has 0 aliphatic rings. The predicted octanol–water partition coefficient (Wildman–Crippen LogP) is 2.25. The number of nitrogens with zero attached hydrogens (tertiary/aromatic N) is 2. The van der Waals surface area contributed by atoms with Crippen LogP contribution in [-0.2, 0) is 0 Å². The SMILES string of the molecule is COc1ccc(-n2nc(O)c3[nH]c4cc(Cl)ccc4c(=O)c3c2=O)c(C)c1.[NaH]. The van der Waals surface area contributed by atoms with E-state index in [0.717, 1.165) is 4.68 Å². The Morgan fingerprint density at radius 3 is 2.61 bits per heavy atom. The molecule has 0 aliphatic carbocycles. The molecular weight excluding hydrogens is 393 g/mol. The average molecular weight is 408 g/mol. The number of methoxy groups -OCH3 is 1. The third-order valence-electron chi connectivity index (χ3n) is 4.42. The molecule has 4 aromatic rings. The van der Waals surface area contributed by atoms with E-state index in [4.69, 9.17) is 16.3 Å². The first-order chi connectivity index (χ1) is 12.9. The summed E-state index contributed by atoms with van der Waals surface area (Å²) >= 11 is 5.96. The third-order valence-corrected chi connectivity index (χ3v) is 4.65. The Balaban J connectivity index is 0.00000225. The fourth-order valence-electron chi connectivity index (χ4n) is 3.09. The number of aromatic nitrogens is 3. The van der Waals surface area contributed by atoms with E-state index in [1.807, 2.05) is 0 Å². The molecule has 4 rings (SSSR count). The van der Waals surface area contributed by atoms with E-state index in [1.165, 1.54) is 13.2 Å². The summed E-state index contributed by atoms with van der Waals surface area (Å²) in [5.41, 5.74) is 0.393. The Labute approximate surface area is 185 Å². The molecule has 0 saturated heterocycles. The maximum atomic E-state index is 13.0. The van der Waals surface area contributed by atoms with Gasteiger partial charge in [0.05, 0.1) is 18.3 Å². The van der Waals surface area contributed by atoms with Gasteiger partial charge in [-0.15, -0.1) is 5.10 Å². The number of H-pyrrole nitrogens is 1. The fraction of sp³-hybridized carbons (Fsp3) is 0.105. The Bertz CT molecular complexity index is 1350. The van der Waals surface area contributed by atoms with Crippen LogP contribution in [0.15, 0.2) is 46.0 Å². The van der Waals surface area contributed by atoms with E-state index in [0.29, 0.717) is 32.9 Å². The summed E-state index contributed by atoms with van der Waals surface area (Å²) in [7, 11) is 1.54. The van der Waals surface area contributed by atoms with Crippen LogP contribution >= 0.6 is 11.6 Å². The first kappa shape index (κ1) is 20.4. The number of hydrogen-bond acceptors (Lipinski definition) is 5. The molecule has 2 heterocycles. The van der Waals surface area contributed by atoms with Gasteiger partial charge in [-0.05, 0) is 48.9 Å². The number of nitrogens with one attached hydrogen (secondary N) is 1. The number of halogens is 1. The van der Waals surface area contributed by atoms with Crippen LogP contribution in [0.5, 0.6) is 11.6 Å². The molecule has 28 heavy (non-hydrogen) atoms. The van der Waals surface area contributed by atoms with Crippen molar-refractivity contribution >= 4 is 63.0 Å². The number of rotatable bonds is 2. The number of benzene rings is 2. The first-order valence-electron chi connectivity index (χ1n) is 8.03. The Morgan fingerprint density at radius 2 is 1.93 bits per heavy atom. The maximum absolute atomic E-state index is 13.0. The zero-order valence-electron chi connectivity index (χ0n) is 14.4. The molecule has 7 nitrogen and oxygen atoms in total. The quantitative estimate of drug-likeness (QED) is 0.392. The molecule has 2 aromatic carbocycles. The van der Waals surface area contributed by atoms with Gasteiger partial charge in [-0.2, -0.15) is 4.68 Å². The Hall–Kier alpha value is -2.32. The predicted molar refractivity (Wildman–Crippen MR) is 111 cm³/mol. The van der Waals surface area contributed by atoms with Gasteiger partial charge in [-0.25, -0.2) is 0 Å². The normalized spacial score (nSPS) is 10.8. The monoisotopic (exact) mass is 407 g/mol. The summed E-state index contributed by atoms with van der Waals surface area (Å²) in [4.78, 5) is 28.8. The van der Waals surface area contributed by atoms with Gasteiger partial charge in [0.1, 0.15) is 16.7 Å². The number of hydrogen-bond donors (Lipinski definition) is 2. The molecule has 138 valence electrons. The zero-order chi connectivity index (χ0) is 19.3. The van der Waals surface area contributed by atoms with E-state index in [1.54, 1.807) is 37.3 Å². The van der Waals surface area contributed by atoms with Gasteiger partial charge >= 0.3 is 29.6 Å². The number of aromatic hydroxyl groups is 1. The molecule has 2 N–H and O–H groups in total. The van der Waals surface area contributed by atoms with Gasteiger partial charge in [-0.1, -0.05) is 11.6 Å². The molecule has 0 atom stereocenters. The molecule has 0 saturated carbocycles. The minimum atomic E-state index is -0.630. The topological polar surface area (TPSA) is 97.2 Å². The van der Waals surface area contributed by atoms with Gasteiger partial charge < -0.3 is 14.8 Å². The summed E-state index contributed by atoms with van der Waals surface area (Å²) in [5, 5.41) is 14.9. The van der Waals surface area contributed by atoms with Crippen LogP contribution in [0, 0.1) is 6.92 Å². The van der Waals surface area contributed by atoms with Crippen LogP contribution in [-0.4, -0.2) is 56.5 Å². The number of aromatic amines is 1. The first-order valence-corrected chi connectivity index (χ1v) is 8.41. The van der Waals surface area contributed by atoms with Crippen molar-refractivity contribution in [3.8, 4) is 17.3 Å². The molecule has 2 aromatic heterocycles. The molecular formula is C19H15ClN3NaO4. The van der Waals surface area contributed by atoms with Gasteiger partial charge in [0, 0.05) is 10.4 Å². The van der Waals surface area contributed by atoms with Crippen molar-refractivity contribution in [1.82, 2.24) is 14.8 Å².